The number of hydrogen-bond acceptors (Lipinski definition) is 7. The molecular weight excluding hydrogens is 212 g/mol. The van der Waals surface area contributed by atoms with Gasteiger partial charge in [0.1, 0.15) is 24.6 Å². The summed E-state index contributed by atoms with van der Waals surface area (Å²) in [5, 5.41) is 2.97. The van der Waals surface area contributed by atoms with Crippen LogP contribution in [0.5, 0.6) is 0 Å². The second kappa shape index (κ2) is 6.53. The zero-order valence-electron chi connectivity index (χ0n) is 8.64. The Kier molecular flexibility index (Phi) is 4.96. The van der Waals surface area contributed by atoms with Crippen molar-refractivity contribution in [3.05, 3.63) is 12.4 Å². The summed E-state index contributed by atoms with van der Waals surface area (Å²) < 4.78 is 4.95. The number of carbonyl (C=O) groups is 1. The summed E-state index contributed by atoms with van der Waals surface area (Å²) in [6.45, 7) is 0.785. The number of primary amides is 1. The van der Waals surface area contributed by atoms with Gasteiger partial charge >= 0.3 is 0 Å². The molecule has 0 spiro atoms. The molecule has 88 valence electrons. The highest BCUT2D eigenvalue weighted by Crippen LogP contribution is 2.05. The van der Waals surface area contributed by atoms with Gasteiger partial charge in [-0.25, -0.2) is 15.8 Å². The quantitative estimate of drug-likeness (QED) is 0.258. The number of nitrogens with one attached hydrogen (secondary N) is 2. The number of nitrogens with two attached hydrogens (primary N) is 2. The van der Waals surface area contributed by atoms with E-state index in [1.165, 1.54) is 6.33 Å². The number of rotatable bonds is 7. The minimum Gasteiger partial charge on any atom is -0.370 e. The standard InChI is InChI=1S/C8H14N6O2/c9-6(15)4-16-2-1-11-7-3-8(14-10)13-5-12-7/h3,5H,1-2,4,10H2,(H2,9,15)(H2,11,12,13,14). The minimum atomic E-state index is -0.489. The zero-order chi connectivity index (χ0) is 11.8. The minimum absolute atomic E-state index is 0.0823. The van der Waals surface area contributed by atoms with Gasteiger partial charge in [-0.05, 0) is 0 Å². The van der Waals surface area contributed by atoms with Gasteiger partial charge in [0.15, 0.2) is 0 Å². The first-order valence-electron chi connectivity index (χ1n) is 4.61. The van der Waals surface area contributed by atoms with E-state index in [9.17, 15) is 4.79 Å². The topological polar surface area (TPSA) is 128 Å². The molecule has 0 saturated heterocycles. The SMILES string of the molecule is NNc1cc(NCCOCC(N)=O)ncn1. The highest BCUT2D eigenvalue weighted by molar-refractivity contribution is 5.74. The van der Waals surface area contributed by atoms with Crippen LogP contribution >= 0.6 is 0 Å². The van der Waals surface area contributed by atoms with Gasteiger partial charge in [0.25, 0.3) is 0 Å². The molecule has 0 fully saturated rings. The number of nitrogens with zero attached hydrogens (tertiary/aromatic N) is 2. The fourth-order valence-corrected chi connectivity index (χ4v) is 0.957. The van der Waals surface area contributed by atoms with Gasteiger partial charge in [0.2, 0.25) is 5.91 Å². The van der Waals surface area contributed by atoms with Crippen LogP contribution in [0.3, 0.4) is 0 Å². The van der Waals surface area contributed by atoms with Crippen molar-refractivity contribution >= 4 is 17.5 Å². The van der Waals surface area contributed by atoms with Crippen LogP contribution in [0.25, 0.3) is 0 Å². The molecule has 0 saturated carbocycles. The van der Waals surface area contributed by atoms with E-state index >= 15 is 0 Å². The van der Waals surface area contributed by atoms with Crippen LogP contribution in [-0.2, 0) is 9.53 Å². The Labute approximate surface area is 92.4 Å². The van der Waals surface area contributed by atoms with Crippen molar-refractivity contribution in [1.29, 1.82) is 0 Å². The number of nitrogen functional groups attached to an aromatic ring is 1. The Morgan fingerprint density at radius 2 is 2.19 bits per heavy atom. The van der Waals surface area contributed by atoms with E-state index in [1.54, 1.807) is 6.07 Å². The molecule has 1 heterocycles. The van der Waals surface area contributed by atoms with Gasteiger partial charge in [-0.15, -0.1) is 0 Å². The molecule has 1 rings (SSSR count). The molecule has 6 N–H and O–H groups in total. The highest BCUT2D eigenvalue weighted by Gasteiger charge is 1.97. The Balaban J connectivity index is 2.23. The van der Waals surface area contributed by atoms with Crippen molar-refractivity contribution in [2.45, 2.75) is 0 Å². The van der Waals surface area contributed by atoms with E-state index < -0.39 is 5.91 Å². The lowest BCUT2D eigenvalue weighted by Gasteiger charge is -2.06. The van der Waals surface area contributed by atoms with Crippen LogP contribution in [0, 0.1) is 0 Å². The predicted molar refractivity (Wildman–Crippen MR) is 58.3 cm³/mol. The summed E-state index contributed by atoms with van der Waals surface area (Å²) in [6.07, 6.45) is 1.38. The Hall–Kier alpha value is -1.93. The third-order valence-electron chi connectivity index (χ3n) is 1.61. The Morgan fingerprint density at radius 3 is 2.88 bits per heavy atom. The van der Waals surface area contributed by atoms with Crippen molar-refractivity contribution in [2.75, 3.05) is 30.5 Å². The Bertz CT molecular complexity index is 345. The molecule has 0 aromatic carbocycles. The fraction of sp³-hybridized carbons (Fsp3) is 0.375. The van der Waals surface area contributed by atoms with E-state index in [0.717, 1.165) is 0 Å². The summed E-state index contributed by atoms with van der Waals surface area (Å²) in [5.74, 6) is 5.82. The maximum absolute atomic E-state index is 10.4. The van der Waals surface area contributed by atoms with Crippen LogP contribution in [0.4, 0.5) is 11.6 Å². The molecule has 0 aliphatic rings. The predicted octanol–water partition coefficient (Wildman–Crippen LogP) is -1.32. The average molecular weight is 226 g/mol. The molecule has 0 aliphatic heterocycles. The molecule has 0 unspecified atom stereocenters. The maximum Gasteiger partial charge on any atom is 0.243 e. The third kappa shape index (κ3) is 4.53. The van der Waals surface area contributed by atoms with Gasteiger partial charge in [0, 0.05) is 12.6 Å². The summed E-state index contributed by atoms with van der Waals surface area (Å²) in [4.78, 5) is 18.2. The van der Waals surface area contributed by atoms with Crippen molar-refractivity contribution in [1.82, 2.24) is 9.97 Å². The van der Waals surface area contributed by atoms with Crippen molar-refractivity contribution < 1.29 is 9.53 Å². The summed E-state index contributed by atoms with van der Waals surface area (Å²) in [5.41, 5.74) is 7.30. The molecule has 8 heteroatoms. The highest BCUT2D eigenvalue weighted by atomic mass is 16.5. The first-order chi connectivity index (χ1) is 7.72. The molecule has 0 radical (unpaired) electrons. The first kappa shape index (κ1) is 12.1. The van der Waals surface area contributed by atoms with Crippen LogP contribution < -0.4 is 22.3 Å². The van der Waals surface area contributed by atoms with Gasteiger partial charge in [0.05, 0.1) is 6.61 Å². The maximum atomic E-state index is 10.4. The van der Waals surface area contributed by atoms with Crippen molar-refractivity contribution in [3.63, 3.8) is 0 Å². The number of anilines is 2. The lowest BCUT2D eigenvalue weighted by atomic mass is 10.5. The summed E-state index contributed by atoms with van der Waals surface area (Å²) >= 11 is 0. The van der Waals surface area contributed by atoms with E-state index in [-0.39, 0.29) is 6.61 Å². The number of hydrogen-bond donors (Lipinski definition) is 4. The average Bonchev–Trinajstić information content (AvgIpc) is 2.28. The molecule has 0 aliphatic carbocycles. The van der Waals surface area contributed by atoms with Gasteiger partial charge in [-0.1, -0.05) is 0 Å². The third-order valence-corrected chi connectivity index (χ3v) is 1.61. The van der Waals surface area contributed by atoms with E-state index in [0.29, 0.717) is 24.8 Å². The molecule has 1 aromatic heterocycles. The second-order valence-electron chi connectivity index (χ2n) is 2.88. The lowest BCUT2D eigenvalue weighted by Crippen LogP contribution is -2.20. The van der Waals surface area contributed by atoms with Crippen molar-refractivity contribution in [2.24, 2.45) is 11.6 Å². The second-order valence-corrected chi connectivity index (χ2v) is 2.88. The molecule has 1 aromatic rings. The van der Waals surface area contributed by atoms with Crippen LogP contribution in [-0.4, -0.2) is 35.6 Å². The van der Waals surface area contributed by atoms with Crippen molar-refractivity contribution in [3.8, 4) is 0 Å². The van der Waals surface area contributed by atoms with Crippen LogP contribution in [0.15, 0.2) is 12.4 Å². The smallest absolute Gasteiger partial charge is 0.243 e. The Morgan fingerprint density at radius 1 is 1.44 bits per heavy atom. The first-order valence-corrected chi connectivity index (χ1v) is 4.61. The summed E-state index contributed by atoms with van der Waals surface area (Å²) in [7, 11) is 0. The molecule has 8 nitrogen and oxygen atoms in total. The van der Waals surface area contributed by atoms with E-state index in [1.807, 2.05) is 0 Å². The van der Waals surface area contributed by atoms with Crippen LogP contribution in [0.1, 0.15) is 0 Å². The molecule has 16 heavy (non-hydrogen) atoms. The van der Waals surface area contributed by atoms with Crippen LogP contribution in [0.2, 0.25) is 0 Å². The molecule has 0 bridgehead atoms. The largest absolute Gasteiger partial charge is 0.370 e. The van der Waals surface area contributed by atoms with E-state index in [4.69, 9.17) is 16.3 Å². The number of aromatic nitrogens is 2. The monoisotopic (exact) mass is 226 g/mol. The van der Waals surface area contributed by atoms with E-state index in [2.05, 4.69) is 20.7 Å². The number of hydrazine groups is 1. The van der Waals surface area contributed by atoms with Gasteiger partial charge < -0.3 is 21.2 Å². The number of ether oxygens (including phenoxy) is 1. The summed E-state index contributed by atoms with van der Waals surface area (Å²) in [6, 6.07) is 1.65. The lowest BCUT2D eigenvalue weighted by molar-refractivity contribution is -0.122. The number of carbonyl (C=O) groups excluding carboxylic acids is 1. The van der Waals surface area contributed by atoms with Gasteiger partial charge in [-0.3, -0.25) is 4.79 Å². The molecular formula is C8H14N6O2. The number of amides is 1. The fourth-order valence-electron chi connectivity index (χ4n) is 0.957. The zero-order valence-corrected chi connectivity index (χ0v) is 8.64. The molecule has 0 atom stereocenters. The normalized spacial score (nSPS) is 9.81. The van der Waals surface area contributed by atoms with Gasteiger partial charge in [-0.2, -0.15) is 0 Å². The molecule has 1 amide bonds.